The van der Waals surface area contributed by atoms with Crippen LogP contribution in [0.2, 0.25) is 0 Å². The van der Waals surface area contributed by atoms with E-state index in [9.17, 15) is 5.11 Å². The lowest BCUT2D eigenvalue weighted by atomic mass is 10.3. The molecule has 0 unspecified atom stereocenters. The Morgan fingerprint density at radius 2 is 1.67 bits per heavy atom. The number of rotatable bonds is 4. The standard InChI is InChI=1S/C14H14O3S/c1-16-11-5-8-14(13(9-11)17-2)18-12-6-3-10(15)4-7-12/h3-9,15H,1-2H3. The molecule has 94 valence electrons. The molecule has 0 saturated heterocycles. The molecule has 0 aliphatic rings. The first-order valence-corrected chi connectivity index (χ1v) is 6.23. The molecular weight excluding hydrogens is 248 g/mol. The SMILES string of the molecule is COc1ccc(Sc2ccc(O)cc2)c(OC)c1. The summed E-state index contributed by atoms with van der Waals surface area (Å²) in [5, 5.41) is 9.24. The Kier molecular flexibility index (Phi) is 3.99. The third-order valence-electron chi connectivity index (χ3n) is 2.44. The zero-order chi connectivity index (χ0) is 13.0. The van der Waals surface area contributed by atoms with Gasteiger partial charge < -0.3 is 14.6 Å². The van der Waals surface area contributed by atoms with Gasteiger partial charge in [-0.3, -0.25) is 0 Å². The van der Waals surface area contributed by atoms with Gasteiger partial charge in [0.1, 0.15) is 17.2 Å². The molecule has 2 aromatic rings. The molecule has 18 heavy (non-hydrogen) atoms. The van der Waals surface area contributed by atoms with Crippen LogP contribution in [0.3, 0.4) is 0 Å². The first-order chi connectivity index (χ1) is 8.72. The van der Waals surface area contributed by atoms with Gasteiger partial charge in [-0.1, -0.05) is 11.8 Å². The second kappa shape index (κ2) is 5.69. The van der Waals surface area contributed by atoms with E-state index in [0.29, 0.717) is 0 Å². The predicted molar refractivity (Wildman–Crippen MR) is 71.8 cm³/mol. The molecular formula is C14H14O3S. The number of benzene rings is 2. The van der Waals surface area contributed by atoms with E-state index in [4.69, 9.17) is 9.47 Å². The second-order valence-corrected chi connectivity index (χ2v) is 4.73. The van der Waals surface area contributed by atoms with Crippen molar-refractivity contribution >= 4 is 11.8 Å². The molecule has 1 N–H and O–H groups in total. The molecule has 2 rings (SSSR count). The van der Waals surface area contributed by atoms with Gasteiger partial charge in [0, 0.05) is 11.0 Å². The zero-order valence-corrected chi connectivity index (χ0v) is 11.0. The molecule has 0 amide bonds. The van der Waals surface area contributed by atoms with E-state index >= 15 is 0 Å². The minimum Gasteiger partial charge on any atom is -0.508 e. The molecule has 0 atom stereocenters. The Balaban J connectivity index is 2.25. The van der Waals surface area contributed by atoms with Gasteiger partial charge in [0.2, 0.25) is 0 Å². The van der Waals surface area contributed by atoms with Crippen molar-refractivity contribution in [3.63, 3.8) is 0 Å². The zero-order valence-electron chi connectivity index (χ0n) is 10.2. The summed E-state index contributed by atoms with van der Waals surface area (Å²) in [6.45, 7) is 0. The maximum Gasteiger partial charge on any atom is 0.136 e. The Labute approximate surface area is 110 Å². The van der Waals surface area contributed by atoms with Gasteiger partial charge in [-0.25, -0.2) is 0 Å². The van der Waals surface area contributed by atoms with Crippen LogP contribution in [0.25, 0.3) is 0 Å². The van der Waals surface area contributed by atoms with Crippen LogP contribution < -0.4 is 9.47 Å². The molecule has 2 aromatic carbocycles. The number of phenols is 1. The number of hydrogen-bond donors (Lipinski definition) is 1. The monoisotopic (exact) mass is 262 g/mol. The quantitative estimate of drug-likeness (QED) is 0.914. The highest BCUT2D eigenvalue weighted by molar-refractivity contribution is 7.99. The predicted octanol–water partition coefficient (Wildman–Crippen LogP) is 3.56. The van der Waals surface area contributed by atoms with Gasteiger partial charge in [-0.2, -0.15) is 0 Å². The summed E-state index contributed by atoms with van der Waals surface area (Å²) in [6.07, 6.45) is 0. The van der Waals surface area contributed by atoms with Crippen molar-refractivity contribution in [2.24, 2.45) is 0 Å². The van der Waals surface area contributed by atoms with Crippen molar-refractivity contribution in [1.29, 1.82) is 0 Å². The second-order valence-electron chi connectivity index (χ2n) is 3.61. The van der Waals surface area contributed by atoms with Crippen molar-refractivity contribution in [2.75, 3.05) is 14.2 Å². The smallest absolute Gasteiger partial charge is 0.136 e. The Morgan fingerprint density at radius 3 is 2.28 bits per heavy atom. The highest BCUT2D eigenvalue weighted by Gasteiger charge is 2.06. The fourth-order valence-electron chi connectivity index (χ4n) is 1.50. The third-order valence-corrected chi connectivity index (χ3v) is 3.50. The Hall–Kier alpha value is -1.81. The Morgan fingerprint density at radius 1 is 0.944 bits per heavy atom. The fraction of sp³-hybridized carbons (Fsp3) is 0.143. The molecule has 0 fully saturated rings. The van der Waals surface area contributed by atoms with E-state index in [2.05, 4.69) is 0 Å². The summed E-state index contributed by atoms with van der Waals surface area (Å²) in [5.41, 5.74) is 0. The molecule has 0 radical (unpaired) electrons. The van der Waals surface area contributed by atoms with Crippen LogP contribution in [0, 0.1) is 0 Å². The molecule has 0 aliphatic heterocycles. The number of aromatic hydroxyl groups is 1. The summed E-state index contributed by atoms with van der Waals surface area (Å²) >= 11 is 1.58. The molecule has 0 spiro atoms. The maximum absolute atomic E-state index is 9.24. The van der Waals surface area contributed by atoms with E-state index in [-0.39, 0.29) is 5.75 Å². The van der Waals surface area contributed by atoms with E-state index < -0.39 is 0 Å². The van der Waals surface area contributed by atoms with Crippen molar-refractivity contribution in [3.05, 3.63) is 42.5 Å². The maximum atomic E-state index is 9.24. The van der Waals surface area contributed by atoms with E-state index in [1.165, 1.54) is 0 Å². The Bertz CT molecular complexity index is 523. The first kappa shape index (κ1) is 12.6. The topological polar surface area (TPSA) is 38.7 Å². The van der Waals surface area contributed by atoms with Crippen LogP contribution in [0.15, 0.2) is 52.3 Å². The minimum absolute atomic E-state index is 0.265. The van der Waals surface area contributed by atoms with Gasteiger partial charge in [0.05, 0.1) is 19.1 Å². The fourth-order valence-corrected chi connectivity index (χ4v) is 2.41. The van der Waals surface area contributed by atoms with Crippen molar-refractivity contribution in [2.45, 2.75) is 9.79 Å². The highest BCUT2D eigenvalue weighted by Crippen LogP contribution is 2.37. The number of ether oxygens (including phenoxy) is 2. The van der Waals surface area contributed by atoms with Crippen LogP contribution in [-0.4, -0.2) is 19.3 Å². The van der Waals surface area contributed by atoms with E-state index in [1.54, 1.807) is 38.1 Å². The van der Waals surface area contributed by atoms with Crippen LogP contribution in [0.1, 0.15) is 0 Å². The number of methoxy groups -OCH3 is 2. The van der Waals surface area contributed by atoms with Crippen LogP contribution in [-0.2, 0) is 0 Å². The lowest BCUT2D eigenvalue weighted by molar-refractivity contribution is 0.387. The van der Waals surface area contributed by atoms with Gasteiger partial charge in [0.15, 0.2) is 0 Å². The normalized spacial score (nSPS) is 10.1. The highest BCUT2D eigenvalue weighted by atomic mass is 32.2. The van der Waals surface area contributed by atoms with Crippen LogP contribution >= 0.6 is 11.8 Å². The largest absolute Gasteiger partial charge is 0.508 e. The number of phenolic OH excluding ortho intramolecular Hbond substituents is 1. The molecule has 0 bridgehead atoms. The molecule has 0 aliphatic carbocycles. The van der Waals surface area contributed by atoms with Crippen molar-refractivity contribution in [3.8, 4) is 17.2 Å². The first-order valence-electron chi connectivity index (χ1n) is 5.42. The average Bonchev–Trinajstić information content (AvgIpc) is 2.41. The average molecular weight is 262 g/mol. The summed E-state index contributed by atoms with van der Waals surface area (Å²) in [7, 11) is 3.26. The van der Waals surface area contributed by atoms with Crippen LogP contribution in [0.5, 0.6) is 17.2 Å². The van der Waals surface area contributed by atoms with Gasteiger partial charge in [0.25, 0.3) is 0 Å². The van der Waals surface area contributed by atoms with Gasteiger partial charge in [-0.05, 0) is 36.4 Å². The van der Waals surface area contributed by atoms with Crippen molar-refractivity contribution in [1.82, 2.24) is 0 Å². The minimum atomic E-state index is 0.265. The lowest BCUT2D eigenvalue weighted by Gasteiger charge is -2.09. The summed E-state index contributed by atoms with van der Waals surface area (Å²) in [4.78, 5) is 2.04. The number of hydrogen-bond acceptors (Lipinski definition) is 4. The van der Waals surface area contributed by atoms with Gasteiger partial charge >= 0.3 is 0 Å². The summed E-state index contributed by atoms with van der Waals surface area (Å²) in [5.74, 6) is 1.80. The molecule has 0 saturated carbocycles. The summed E-state index contributed by atoms with van der Waals surface area (Å²) < 4.78 is 10.5. The van der Waals surface area contributed by atoms with Crippen LogP contribution in [0.4, 0.5) is 0 Å². The molecule has 0 aromatic heterocycles. The van der Waals surface area contributed by atoms with E-state index in [0.717, 1.165) is 21.3 Å². The molecule has 0 heterocycles. The molecule has 3 nitrogen and oxygen atoms in total. The summed E-state index contributed by atoms with van der Waals surface area (Å²) in [6, 6.07) is 12.8. The van der Waals surface area contributed by atoms with E-state index in [1.807, 2.05) is 30.3 Å². The molecule has 4 heteroatoms. The van der Waals surface area contributed by atoms with Crippen molar-refractivity contribution < 1.29 is 14.6 Å². The third kappa shape index (κ3) is 2.90. The lowest BCUT2D eigenvalue weighted by Crippen LogP contribution is -1.89. The van der Waals surface area contributed by atoms with Gasteiger partial charge in [-0.15, -0.1) is 0 Å².